The van der Waals surface area contributed by atoms with Crippen molar-refractivity contribution in [1.29, 1.82) is 0 Å². The molecule has 0 aliphatic heterocycles. The van der Waals surface area contributed by atoms with Crippen LogP contribution in [0, 0.1) is 0 Å². The van der Waals surface area contributed by atoms with Crippen LogP contribution in [0.2, 0.25) is 0 Å². The van der Waals surface area contributed by atoms with Crippen LogP contribution in [0.3, 0.4) is 0 Å². The summed E-state index contributed by atoms with van der Waals surface area (Å²) in [4.78, 5) is 0. The molecule has 0 radical (unpaired) electrons. The quantitative estimate of drug-likeness (QED) is 0.789. The molecule has 5 heteroatoms. The Kier molecular flexibility index (Phi) is 5.30. The van der Waals surface area contributed by atoms with Gasteiger partial charge in [0.2, 0.25) is 0 Å². The number of hydrogen-bond donors (Lipinski definition) is 1. The molecule has 0 aliphatic carbocycles. The average molecular weight is 277 g/mol. The van der Waals surface area contributed by atoms with Crippen LogP contribution < -0.4 is 10.1 Å². The van der Waals surface area contributed by atoms with Gasteiger partial charge in [-0.05, 0) is 26.1 Å². The molecule has 19 heavy (non-hydrogen) atoms. The van der Waals surface area contributed by atoms with Gasteiger partial charge in [0.25, 0.3) is 0 Å². The Morgan fingerprint density at radius 1 is 1.21 bits per heavy atom. The highest BCUT2D eigenvalue weighted by atomic mass is 32.1. The van der Waals surface area contributed by atoms with E-state index < -0.39 is 0 Å². The molecule has 1 aromatic heterocycles. The topological polar surface area (TPSA) is 47.0 Å². The first kappa shape index (κ1) is 14.0. The highest BCUT2D eigenvalue weighted by Crippen LogP contribution is 2.22. The second-order valence-electron chi connectivity index (χ2n) is 4.29. The SMILES string of the molecule is CNCCCc1nnc(Cc2ccccc2OC)s1. The maximum absolute atomic E-state index is 5.35. The standard InChI is InChI=1S/C14H19N3OS/c1-15-9-5-8-13-16-17-14(19-13)10-11-6-3-4-7-12(11)18-2/h3-4,6-7,15H,5,8-10H2,1-2H3. The minimum absolute atomic E-state index is 0.785. The number of hydrogen-bond acceptors (Lipinski definition) is 5. The average Bonchev–Trinajstić information content (AvgIpc) is 2.87. The molecule has 2 rings (SSSR count). The fraction of sp³-hybridized carbons (Fsp3) is 0.429. The number of nitrogens with zero attached hydrogens (tertiary/aromatic N) is 2. The number of benzene rings is 1. The van der Waals surface area contributed by atoms with Crippen LogP contribution in [-0.2, 0) is 12.8 Å². The lowest BCUT2D eigenvalue weighted by atomic mass is 10.1. The Morgan fingerprint density at radius 2 is 2.00 bits per heavy atom. The lowest BCUT2D eigenvalue weighted by Crippen LogP contribution is -2.08. The molecule has 0 spiro atoms. The van der Waals surface area contributed by atoms with Crippen LogP contribution in [-0.4, -0.2) is 30.9 Å². The number of methoxy groups -OCH3 is 1. The first-order valence-corrected chi connectivity index (χ1v) is 7.23. The Labute approximate surface area is 117 Å². The summed E-state index contributed by atoms with van der Waals surface area (Å²) in [6.07, 6.45) is 2.87. The molecule has 0 atom stereocenters. The van der Waals surface area contributed by atoms with Crippen molar-refractivity contribution in [2.45, 2.75) is 19.3 Å². The maximum Gasteiger partial charge on any atom is 0.122 e. The highest BCUT2D eigenvalue weighted by molar-refractivity contribution is 7.11. The third-order valence-electron chi connectivity index (χ3n) is 2.86. The molecule has 0 unspecified atom stereocenters. The zero-order valence-corrected chi connectivity index (χ0v) is 12.2. The maximum atomic E-state index is 5.35. The van der Waals surface area contributed by atoms with Crippen LogP contribution in [0.15, 0.2) is 24.3 Å². The van der Waals surface area contributed by atoms with Gasteiger partial charge in [0.05, 0.1) is 7.11 Å². The van der Waals surface area contributed by atoms with Gasteiger partial charge in [-0.2, -0.15) is 0 Å². The summed E-state index contributed by atoms with van der Waals surface area (Å²) in [6.45, 7) is 1.02. The van der Waals surface area contributed by atoms with Crippen LogP contribution in [0.4, 0.5) is 0 Å². The van der Waals surface area contributed by atoms with E-state index in [0.29, 0.717) is 0 Å². The molecule has 1 N–H and O–H groups in total. The molecule has 0 saturated heterocycles. The molecular formula is C14H19N3OS. The van der Waals surface area contributed by atoms with E-state index in [9.17, 15) is 0 Å². The fourth-order valence-corrected chi connectivity index (χ4v) is 2.80. The van der Waals surface area contributed by atoms with Crippen molar-refractivity contribution in [3.05, 3.63) is 39.8 Å². The van der Waals surface area contributed by atoms with E-state index in [1.54, 1.807) is 18.4 Å². The number of ether oxygens (including phenoxy) is 1. The zero-order valence-electron chi connectivity index (χ0n) is 11.3. The minimum Gasteiger partial charge on any atom is -0.496 e. The van der Waals surface area contributed by atoms with E-state index in [1.807, 2.05) is 25.2 Å². The molecule has 0 bridgehead atoms. The number of rotatable bonds is 7. The molecule has 1 heterocycles. The lowest BCUT2D eigenvalue weighted by Gasteiger charge is -2.05. The van der Waals surface area contributed by atoms with Crippen molar-refractivity contribution in [3.8, 4) is 5.75 Å². The molecule has 0 fully saturated rings. The molecule has 0 saturated carbocycles. The third kappa shape index (κ3) is 4.01. The molecule has 102 valence electrons. The Morgan fingerprint density at radius 3 is 2.79 bits per heavy atom. The molecule has 0 amide bonds. The van der Waals surface area contributed by atoms with E-state index in [2.05, 4.69) is 21.6 Å². The fourth-order valence-electron chi connectivity index (χ4n) is 1.89. The third-order valence-corrected chi connectivity index (χ3v) is 3.84. The summed E-state index contributed by atoms with van der Waals surface area (Å²) in [6, 6.07) is 8.05. The Hall–Kier alpha value is -1.46. The van der Waals surface area contributed by atoms with E-state index in [1.165, 1.54) is 0 Å². The van der Waals surface area contributed by atoms with E-state index in [-0.39, 0.29) is 0 Å². The summed E-state index contributed by atoms with van der Waals surface area (Å²) in [5, 5.41) is 13.8. The smallest absolute Gasteiger partial charge is 0.122 e. The van der Waals surface area contributed by atoms with E-state index >= 15 is 0 Å². The van der Waals surface area contributed by atoms with E-state index in [4.69, 9.17) is 4.74 Å². The number of aromatic nitrogens is 2. The summed E-state index contributed by atoms with van der Waals surface area (Å²) >= 11 is 1.69. The number of para-hydroxylation sites is 1. The van der Waals surface area contributed by atoms with Crippen molar-refractivity contribution in [2.75, 3.05) is 20.7 Å². The van der Waals surface area contributed by atoms with Crippen LogP contribution in [0.1, 0.15) is 22.0 Å². The monoisotopic (exact) mass is 277 g/mol. The van der Waals surface area contributed by atoms with Gasteiger partial charge < -0.3 is 10.1 Å². The van der Waals surface area contributed by atoms with Crippen molar-refractivity contribution in [3.63, 3.8) is 0 Å². The number of nitrogens with one attached hydrogen (secondary N) is 1. The predicted octanol–water partition coefficient (Wildman–Crippen LogP) is 2.29. The van der Waals surface area contributed by atoms with Gasteiger partial charge in [-0.25, -0.2) is 0 Å². The van der Waals surface area contributed by atoms with Crippen molar-refractivity contribution in [1.82, 2.24) is 15.5 Å². The first-order valence-electron chi connectivity index (χ1n) is 6.41. The van der Waals surface area contributed by atoms with Crippen LogP contribution >= 0.6 is 11.3 Å². The number of aryl methyl sites for hydroxylation is 1. The van der Waals surface area contributed by atoms with Gasteiger partial charge >= 0.3 is 0 Å². The van der Waals surface area contributed by atoms with Gasteiger partial charge in [0.15, 0.2) is 0 Å². The lowest BCUT2D eigenvalue weighted by molar-refractivity contribution is 0.410. The largest absolute Gasteiger partial charge is 0.496 e. The van der Waals surface area contributed by atoms with Crippen molar-refractivity contribution in [2.24, 2.45) is 0 Å². The second-order valence-corrected chi connectivity index (χ2v) is 5.43. The normalized spacial score (nSPS) is 10.6. The Bertz CT molecular complexity index is 513. The Balaban J connectivity index is 1.99. The van der Waals surface area contributed by atoms with Gasteiger partial charge in [-0.3, -0.25) is 0 Å². The van der Waals surface area contributed by atoms with Crippen molar-refractivity contribution >= 4 is 11.3 Å². The van der Waals surface area contributed by atoms with Crippen molar-refractivity contribution < 1.29 is 4.74 Å². The van der Waals surface area contributed by atoms with Gasteiger partial charge in [-0.1, -0.05) is 18.2 Å². The zero-order chi connectivity index (χ0) is 13.5. The summed E-state index contributed by atoms with van der Waals surface area (Å²) in [7, 11) is 3.66. The van der Waals surface area contributed by atoms with Gasteiger partial charge in [0.1, 0.15) is 15.8 Å². The summed E-state index contributed by atoms with van der Waals surface area (Å²) < 4.78 is 5.35. The molecule has 0 aliphatic rings. The minimum atomic E-state index is 0.785. The first-order chi connectivity index (χ1) is 9.33. The van der Waals surface area contributed by atoms with Gasteiger partial charge in [0, 0.05) is 18.4 Å². The molecule has 4 nitrogen and oxygen atoms in total. The predicted molar refractivity (Wildman–Crippen MR) is 78.0 cm³/mol. The van der Waals surface area contributed by atoms with Crippen LogP contribution in [0.25, 0.3) is 0 Å². The summed E-state index contributed by atoms with van der Waals surface area (Å²) in [5.41, 5.74) is 1.16. The van der Waals surface area contributed by atoms with E-state index in [0.717, 1.165) is 47.1 Å². The molecule has 2 aromatic rings. The molecular weight excluding hydrogens is 258 g/mol. The highest BCUT2D eigenvalue weighted by Gasteiger charge is 2.08. The molecule has 1 aromatic carbocycles. The van der Waals surface area contributed by atoms with Gasteiger partial charge in [-0.15, -0.1) is 21.5 Å². The van der Waals surface area contributed by atoms with Crippen LogP contribution in [0.5, 0.6) is 5.75 Å². The second kappa shape index (κ2) is 7.21. The summed E-state index contributed by atoms with van der Waals surface area (Å²) in [5.74, 6) is 0.912.